The standard InChI is InChI=1S/C15H10N4O/c16-8-12-7-11(5-6-17-12)10-19-14-4-2-1-3-13(14)18-9-15(19)20/h1-7,9H,10H2. The summed E-state index contributed by atoms with van der Waals surface area (Å²) in [6.45, 7) is 0.388. The maximum atomic E-state index is 12.0. The molecule has 2 aromatic heterocycles. The fourth-order valence-corrected chi connectivity index (χ4v) is 2.09. The van der Waals surface area contributed by atoms with Crippen molar-refractivity contribution in [2.75, 3.05) is 0 Å². The number of fused-ring (bicyclic) bond motifs is 1. The first-order valence-electron chi connectivity index (χ1n) is 6.07. The van der Waals surface area contributed by atoms with Crippen LogP contribution in [-0.4, -0.2) is 14.5 Å². The molecule has 96 valence electrons. The molecular formula is C15H10N4O. The van der Waals surface area contributed by atoms with Gasteiger partial charge in [-0.1, -0.05) is 12.1 Å². The van der Waals surface area contributed by atoms with Crippen molar-refractivity contribution < 1.29 is 0 Å². The Morgan fingerprint density at radius 2 is 2.05 bits per heavy atom. The third-order valence-corrected chi connectivity index (χ3v) is 3.03. The quantitative estimate of drug-likeness (QED) is 0.704. The van der Waals surface area contributed by atoms with Gasteiger partial charge in [0.1, 0.15) is 11.8 Å². The number of benzene rings is 1. The van der Waals surface area contributed by atoms with Crippen molar-refractivity contribution in [3.8, 4) is 6.07 Å². The Kier molecular flexibility index (Phi) is 2.98. The lowest BCUT2D eigenvalue weighted by Crippen LogP contribution is -2.21. The number of hydrogen-bond acceptors (Lipinski definition) is 4. The van der Waals surface area contributed by atoms with E-state index in [2.05, 4.69) is 9.97 Å². The molecule has 0 unspecified atom stereocenters. The Labute approximate surface area is 114 Å². The molecule has 2 heterocycles. The van der Waals surface area contributed by atoms with Crippen molar-refractivity contribution in [2.45, 2.75) is 6.54 Å². The molecule has 0 radical (unpaired) electrons. The SMILES string of the molecule is N#Cc1cc(Cn2c(=O)cnc3ccccc32)ccn1. The molecule has 0 fully saturated rings. The average molecular weight is 262 g/mol. The minimum Gasteiger partial charge on any atom is -0.301 e. The minimum absolute atomic E-state index is 0.168. The van der Waals surface area contributed by atoms with Crippen LogP contribution in [0.1, 0.15) is 11.3 Å². The minimum atomic E-state index is -0.168. The zero-order valence-electron chi connectivity index (χ0n) is 10.5. The summed E-state index contributed by atoms with van der Waals surface area (Å²) in [6.07, 6.45) is 2.89. The molecule has 0 spiro atoms. The zero-order valence-corrected chi connectivity index (χ0v) is 10.5. The van der Waals surface area contributed by atoms with Crippen LogP contribution in [0.2, 0.25) is 0 Å². The highest BCUT2D eigenvalue weighted by atomic mass is 16.1. The van der Waals surface area contributed by atoms with E-state index in [0.717, 1.165) is 16.6 Å². The smallest absolute Gasteiger partial charge is 0.269 e. The van der Waals surface area contributed by atoms with E-state index < -0.39 is 0 Å². The highest BCUT2D eigenvalue weighted by Crippen LogP contribution is 2.11. The van der Waals surface area contributed by atoms with Gasteiger partial charge in [0.25, 0.3) is 5.56 Å². The molecule has 0 aliphatic rings. The predicted octanol–water partition coefficient (Wildman–Crippen LogP) is 1.71. The second kappa shape index (κ2) is 4.94. The van der Waals surface area contributed by atoms with Gasteiger partial charge in [0.2, 0.25) is 0 Å². The molecule has 0 N–H and O–H groups in total. The summed E-state index contributed by atoms with van der Waals surface area (Å²) in [5, 5.41) is 8.86. The maximum Gasteiger partial charge on any atom is 0.269 e. The van der Waals surface area contributed by atoms with E-state index >= 15 is 0 Å². The lowest BCUT2D eigenvalue weighted by atomic mass is 10.2. The van der Waals surface area contributed by atoms with Gasteiger partial charge in [0.05, 0.1) is 23.8 Å². The molecule has 0 aliphatic heterocycles. The van der Waals surface area contributed by atoms with Crippen molar-refractivity contribution in [1.82, 2.24) is 14.5 Å². The first-order valence-corrected chi connectivity index (χ1v) is 6.07. The van der Waals surface area contributed by atoms with Crippen molar-refractivity contribution in [1.29, 1.82) is 5.26 Å². The summed E-state index contributed by atoms with van der Waals surface area (Å²) >= 11 is 0. The van der Waals surface area contributed by atoms with Crippen LogP contribution in [0.5, 0.6) is 0 Å². The summed E-state index contributed by atoms with van der Waals surface area (Å²) in [5.74, 6) is 0. The van der Waals surface area contributed by atoms with E-state index in [0.29, 0.717) is 12.2 Å². The molecular weight excluding hydrogens is 252 g/mol. The molecule has 3 rings (SSSR count). The molecule has 1 aromatic carbocycles. The molecule has 5 heteroatoms. The normalized spacial score (nSPS) is 10.3. The summed E-state index contributed by atoms with van der Waals surface area (Å²) in [7, 11) is 0. The number of nitrogens with zero attached hydrogens (tertiary/aromatic N) is 4. The summed E-state index contributed by atoms with van der Waals surface area (Å²) < 4.78 is 1.64. The monoisotopic (exact) mass is 262 g/mol. The van der Waals surface area contributed by atoms with Crippen LogP contribution in [0.4, 0.5) is 0 Å². The summed E-state index contributed by atoms with van der Waals surface area (Å²) in [4.78, 5) is 20.1. The molecule has 0 atom stereocenters. The fourth-order valence-electron chi connectivity index (χ4n) is 2.09. The van der Waals surface area contributed by atoms with Crippen molar-refractivity contribution >= 4 is 11.0 Å². The van der Waals surface area contributed by atoms with Gasteiger partial charge in [-0.3, -0.25) is 4.79 Å². The molecule has 0 aliphatic carbocycles. The van der Waals surface area contributed by atoms with Crippen molar-refractivity contribution in [2.24, 2.45) is 0 Å². The maximum absolute atomic E-state index is 12.0. The number of nitriles is 1. The molecule has 0 amide bonds. The third kappa shape index (κ3) is 2.15. The van der Waals surface area contributed by atoms with Crippen LogP contribution in [0.15, 0.2) is 53.6 Å². The second-order valence-corrected chi connectivity index (χ2v) is 4.33. The van der Waals surface area contributed by atoms with E-state index in [4.69, 9.17) is 5.26 Å². The number of aromatic nitrogens is 3. The molecule has 20 heavy (non-hydrogen) atoms. The second-order valence-electron chi connectivity index (χ2n) is 4.33. The van der Waals surface area contributed by atoms with E-state index in [9.17, 15) is 4.79 Å². The third-order valence-electron chi connectivity index (χ3n) is 3.03. The number of para-hydroxylation sites is 2. The molecule has 3 aromatic rings. The number of pyridine rings is 1. The Morgan fingerprint density at radius 3 is 2.90 bits per heavy atom. The Morgan fingerprint density at radius 1 is 1.20 bits per heavy atom. The number of rotatable bonds is 2. The van der Waals surface area contributed by atoms with Gasteiger partial charge in [-0.15, -0.1) is 0 Å². The fraction of sp³-hybridized carbons (Fsp3) is 0.0667. The van der Waals surface area contributed by atoms with Crippen LogP contribution in [0, 0.1) is 11.3 Å². The Hall–Kier alpha value is -3.00. The molecule has 5 nitrogen and oxygen atoms in total. The van der Waals surface area contributed by atoms with E-state index in [1.807, 2.05) is 30.3 Å². The zero-order chi connectivity index (χ0) is 13.9. The molecule has 0 saturated carbocycles. The summed E-state index contributed by atoms with van der Waals surface area (Å²) in [5.41, 5.74) is 2.57. The summed E-state index contributed by atoms with van der Waals surface area (Å²) in [6, 6.07) is 12.9. The molecule has 0 saturated heterocycles. The topological polar surface area (TPSA) is 71.6 Å². The molecule has 0 bridgehead atoms. The first kappa shape index (κ1) is 12.1. The van der Waals surface area contributed by atoms with Crippen molar-refractivity contribution in [3.63, 3.8) is 0 Å². The highest BCUT2D eigenvalue weighted by molar-refractivity contribution is 5.74. The Bertz CT molecular complexity index is 877. The van der Waals surface area contributed by atoms with E-state index in [1.54, 1.807) is 22.9 Å². The largest absolute Gasteiger partial charge is 0.301 e. The van der Waals surface area contributed by atoms with Gasteiger partial charge in [0.15, 0.2) is 0 Å². The van der Waals surface area contributed by atoms with Crippen LogP contribution >= 0.6 is 0 Å². The van der Waals surface area contributed by atoms with Gasteiger partial charge in [-0.05, 0) is 29.8 Å². The lowest BCUT2D eigenvalue weighted by Gasteiger charge is -2.09. The number of hydrogen-bond donors (Lipinski definition) is 0. The van der Waals surface area contributed by atoms with Gasteiger partial charge >= 0.3 is 0 Å². The van der Waals surface area contributed by atoms with Crippen LogP contribution in [-0.2, 0) is 6.54 Å². The van der Waals surface area contributed by atoms with Gasteiger partial charge in [-0.2, -0.15) is 5.26 Å². The van der Waals surface area contributed by atoms with E-state index in [-0.39, 0.29) is 5.56 Å². The average Bonchev–Trinajstić information content (AvgIpc) is 2.50. The van der Waals surface area contributed by atoms with Gasteiger partial charge < -0.3 is 4.57 Å². The Balaban J connectivity index is 2.13. The van der Waals surface area contributed by atoms with Crippen LogP contribution in [0.25, 0.3) is 11.0 Å². The predicted molar refractivity (Wildman–Crippen MR) is 74.1 cm³/mol. The van der Waals surface area contributed by atoms with Gasteiger partial charge in [0, 0.05) is 6.20 Å². The lowest BCUT2D eigenvalue weighted by molar-refractivity contribution is 0.785. The highest BCUT2D eigenvalue weighted by Gasteiger charge is 2.05. The first-order chi connectivity index (χ1) is 9.78. The van der Waals surface area contributed by atoms with Crippen LogP contribution < -0.4 is 5.56 Å². The van der Waals surface area contributed by atoms with Crippen LogP contribution in [0.3, 0.4) is 0 Å². The van der Waals surface area contributed by atoms with Crippen molar-refractivity contribution in [3.05, 3.63) is 70.4 Å². The van der Waals surface area contributed by atoms with E-state index in [1.165, 1.54) is 6.20 Å². The van der Waals surface area contributed by atoms with Gasteiger partial charge in [-0.25, -0.2) is 9.97 Å².